The maximum atomic E-state index is 12.4. The van der Waals surface area contributed by atoms with Gasteiger partial charge in [0.1, 0.15) is 0 Å². The van der Waals surface area contributed by atoms with Gasteiger partial charge in [0.15, 0.2) is 0 Å². The zero-order valence-electron chi connectivity index (χ0n) is 13.7. The van der Waals surface area contributed by atoms with E-state index < -0.39 is 0 Å². The van der Waals surface area contributed by atoms with Crippen molar-refractivity contribution in [2.75, 3.05) is 0 Å². The van der Waals surface area contributed by atoms with Gasteiger partial charge < -0.3 is 9.73 Å². The Morgan fingerprint density at radius 2 is 2.04 bits per heavy atom. The summed E-state index contributed by atoms with van der Waals surface area (Å²) in [6, 6.07) is 1.97. The Morgan fingerprint density at radius 3 is 2.78 bits per heavy atom. The van der Waals surface area contributed by atoms with E-state index in [1.54, 1.807) is 19.9 Å². The summed E-state index contributed by atoms with van der Waals surface area (Å²) >= 11 is 0. The Bertz CT molecular complexity index is 712. The van der Waals surface area contributed by atoms with Crippen LogP contribution >= 0.6 is 0 Å². The summed E-state index contributed by atoms with van der Waals surface area (Å²) in [5.74, 6) is 1.68. The molecule has 2 atom stereocenters. The van der Waals surface area contributed by atoms with E-state index >= 15 is 0 Å². The molecule has 0 spiro atoms. The first kappa shape index (κ1) is 15.6. The average Bonchev–Trinajstić information content (AvgIpc) is 3.11. The molecule has 0 aromatic carbocycles. The maximum Gasteiger partial charge on any atom is 0.253 e. The fraction of sp³-hybridized carbons (Fsp3) is 0.562. The molecular weight excluding hydrogens is 294 g/mol. The fourth-order valence-corrected chi connectivity index (χ4v) is 3.10. The second-order valence-corrected chi connectivity index (χ2v) is 6.25. The maximum absolute atomic E-state index is 12.4. The number of rotatable bonds is 4. The van der Waals surface area contributed by atoms with Gasteiger partial charge >= 0.3 is 0 Å². The van der Waals surface area contributed by atoms with Gasteiger partial charge in [-0.1, -0.05) is 0 Å². The Balaban J connectivity index is 1.57. The molecule has 1 amide bonds. The molecule has 122 valence electrons. The molecule has 0 aliphatic heterocycles. The summed E-state index contributed by atoms with van der Waals surface area (Å²) in [5, 5.41) is 19.0. The minimum Gasteiger partial charge on any atom is -0.426 e. The monoisotopic (exact) mass is 315 g/mol. The van der Waals surface area contributed by atoms with Crippen molar-refractivity contribution in [1.29, 1.82) is 0 Å². The predicted molar refractivity (Wildman–Crippen MR) is 82.8 cm³/mol. The summed E-state index contributed by atoms with van der Waals surface area (Å²) in [7, 11) is 0. The van der Waals surface area contributed by atoms with E-state index in [4.69, 9.17) is 4.42 Å². The summed E-state index contributed by atoms with van der Waals surface area (Å²) in [6.07, 6.45) is 3.74. The average molecular weight is 315 g/mol. The van der Waals surface area contributed by atoms with Gasteiger partial charge in [-0.2, -0.15) is 10.2 Å². The highest BCUT2D eigenvalue weighted by molar-refractivity contribution is 5.95. The van der Waals surface area contributed by atoms with Crippen molar-refractivity contribution < 1.29 is 9.21 Å². The molecule has 23 heavy (non-hydrogen) atoms. The van der Waals surface area contributed by atoms with Gasteiger partial charge in [-0.25, -0.2) is 0 Å². The number of hydrogen-bond acceptors (Lipinski definition) is 6. The van der Waals surface area contributed by atoms with Gasteiger partial charge in [-0.3, -0.25) is 4.79 Å². The smallest absolute Gasteiger partial charge is 0.253 e. The first-order chi connectivity index (χ1) is 11.0. The van der Waals surface area contributed by atoms with Gasteiger partial charge in [0.2, 0.25) is 11.8 Å². The Labute approximate surface area is 134 Å². The van der Waals surface area contributed by atoms with Crippen molar-refractivity contribution in [2.45, 2.75) is 52.5 Å². The van der Waals surface area contributed by atoms with Crippen LogP contribution in [0, 0.1) is 26.7 Å². The van der Waals surface area contributed by atoms with E-state index in [0.29, 0.717) is 29.0 Å². The van der Waals surface area contributed by atoms with E-state index in [2.05, 4.69) is 25.7 Å². The van der Waals surface area contributed by atoms with E-state index in [-0.39, 0.29) is 11.9 Å². The second-order valence-electron chi connectivity index (χ2n) is 6.25. The fourth-order valence-electron chi connectivity index (χ4n) is 3.10. The van der Waals surface area contributed by atoms with Crippen molar-refractivity contribution in [3.63, 3.8) is 0 Å². The normalized spacial score (nSPS) is 20.7. The van der Waals surface area contributed by atoms with Crippen LogP contribution in [0.4, 0.5) is 0 Å². The first-order valence-electron chi connectivity index (χ1n) is 7.92. The summed E-state index contributed by atoms with van der Waals surface area (Å²) in [6.45, 7) is 5.43. The lowest BCUT2D eigenvalue weighted by molar-refractivity contribution is 0.0935. The molecule has 2 aromatic heterocycles. The molecule has 1 fully saturated rings. The third kappa shape index (κ3) is 3.72. The molecular formula is C16H21N5O2. The molecule has 2 aromatic rings. The number of aromatic nitrogens is 4. The van der Waals surface area contributed by atoms with Crippen LogP contribution in [-0.4, -0.2) is 32.3 Å². The van der Waals surface area contributed by atoms with E-state index in [0.717, 1.165) is 31.4 Å². The van der Waals surface area contributed by atoms with Crippen molar-refractivity contribution in [3.8, 4) is 0 Å². The van der Waals surface area contributed by atoms with Gasteiger partial charge in [0, 0.05) is 19.4 Å². The number of amides is 1. The molecule has 3 rings (SSSR count). The van der Waals surface area contributed by atoms with Crippen LogP contribution in [0.15, 0.2) is 10.5 Å². The molecule has 0 radical (unpaired) electrons. The van der Waals surface area contributed by atoms with Crippen LogP contribution in [-0.2, 0) is 6.42 Å². The number of carbonyl (C=O) groups is 1. The zero-order valence-corrected chi connectivity index (χ0v) is 13.7. The lowest BCUT2D eigenvalue weighted by Crippen LogP contribution is -2.33. The largest absolute Gasteiger partial charge is 0.426 e. The first-order valence-corrected chi connectivity index (χ1v) is 7.92. The molecule has 1 N–H and O–H groups in total. The van der Waals surface area contributed by atoms with Crippen LogP contribution in [0.5, 0.6) is 0 Å². The van der Waals surface area contributed by atoms with Gasteiger partial charge in [-0.15, -0.1) is 10.2 Å². The predicted octanol–water partition coefficient (Wildman–Crippen LogP) is 1.93. The van der Waals surface area contributed by atoms with E-state index in [1.165, 1.54) is 0 Å². The molecule has 0 bridgehead atoms. The van der Waals surface area contributed by atoms with E-state index in [9.17, 15) is 4.79 Å². The molecule has 1 aliphatic carbocycles. The zero-order chi connectivity index (χ0) is 16.4. The van der Waals surface area contributed by atoms with Crippen LogP contribution in [0.1, 0.15) is 52.8 Å². The quantitative estimate of drug-likeness (QED) is 0.926. The number of nitrogens with one attached hydrogen (secondary N) is 1. The van der Waals surface area contributed by atoms with Crippen molar-refractivity contribution in [1.82, 2.24) is 25.7 Å². The number of nitrogens with zero attached hydrogens (tertiary/aromatic N) is 4. The number of hydrogen-bond donors (Lipinski definition) is 1. The molecule has 1 aliphatic rings. The highest BCUT2D eigenvalue weighted by Crippen LogP contribution is 2.28. The number of aryl methyl sites for hydroxylation is 3. The minimum absolute atomic E-state index is 0.0696. The van der Waals surface area contributed by atoms with Crippen molar-refractivity contribution in [3.05, 3.63) is 34.8 Å². The molecule has 2 heterocycles. The highest BCUT2D eigenvalue weighted by Gasteiger charge is 2.28. The molecule has 1 saturated carbocycles. The van der Waals surface area contributed by atoms with Crippen molar-refractivity contribution in [2.24, 2.45) is 5.92 Å². The van der Waals surface area contributed by atoms with Crippen LogP contribution in [0.3, 0.4) is 0 Å². The van der Waals surface area contributed by atoms with Gasteiger partial charge in [0.25, 0.3) is 5.91 Å². The number of carbonyl (C=O) groups excluding carboxylic acids is 1. The van der Waals surface area contributed by atoms with Gasteiger partial charge in [0.05, 0.1) is 17.0 Å². The molecule has 7 heteroatoms. The Kier molecular flexibility index (Phi) is 4.36. The molecule has 7 nitrogen and oxygen atoms in total. The third-order valence-corrected chi connectivity index (χ3v) is 4.25. The SMILES string of the molecule is Cc1cc(C(=O)N[C@H]2CC[C@@H](Cc3nnc(C)o3)C2)c(C)nn1. The lowest BCUT2D eigenvalue weighted by atomic mass is 10.0. The van der Waals surface area contributed by atoms with E-state index in [1.807, 2.05) is 6.92 Å². The minimum atomic E-state index is -0.0696. The van der Waals surface area contributed by atoms with Crippen LogP contribution < -0.4 is 5.32 Å². The molecule has 0 saturated heterocycles. The molecule has 0 unspecified atom stereocenters. The Hall–Kier alpha value is -2.31. The van der Waals surface area contributed by atoms with Crippen molar-refractivity contribution >= 4 is 5.91 Å². The topological polar surface area (TPSA) is 93.8 Å². The summed E-state index contributed by atoms with van der Waals surface area (Å²) in [5.41, 5.74) is 2.01. The summed E-state index contributed by atoms with van der Waals surface area (Å²) < 4.78 is 5.44. The highest BCUT2D eigenvalue weighted by atomic mass is 16.4. The van der Waals surface area contributed by atoms with Crippen LogP contribution in [0.25, 0.3) is 0 Å². The standard InChI is InChI=1S/C16H21N5O2/c1-9-6-14(10(2)19-18-9)16(22)17-13-5-4-12(7-13)8-15-21-20-11(3)23-15/h6,12-13H,4-5,7-8H2,1-3H3,(H,17,22)/t12-,13+/m1/s1. The Morgan fingerprint density at radius 1 is 1.22 bits per heavy atom. The second kappa shape index (κ2) is 6.44. The van der Waals surface area contributed by atoms with Crippen LogP contribution in [0.2, 0.25) is 0 Å². The lowest BCUT2D eigenvalue weighted by Gasteiger charge is -2.14. The summed E-state index contributed by atoms with van der Waals surface area (Å²) in [4.78, 5) is 12.4. The third-order valence-electron chi connectivity index (χ3n) is 4.25. The van der Waals surface area contributed by atoms with Gasteiger partial charge in [-0.05, 0) is 45.1 Å².